The summed E-state index contributed by atoms with van der Waals surface area (Å²) in [6.07, 6.45) is -0.148. The Morgan fingerprint density at radius 3 is 2.50 bits per heavy atom. The number of hydrogen-bond donors (Lipinski definition) is 4. The van der Waals surface area contributed by atoms with Crippen molar-refractivity contribution in [2.45, 2.75) is 19.9 Å². The summed E-state index contributed by atoms with van der Waals surface area (Å²) in [7, 11) is 0. The van der Waals surface area contributed by atoms with Crippen molar-refractivity contribution in [3.63, 3.8) is 0 Å². The summed E-state index contributed by atoms with van der Waals surface area (Å²) in [6.45, 7) is 1.26. The zero-order chi connectivity index (χ0) is 23.6. The van der Waals surface area contributed by atoms with Crippen LogP contribution in [0.25, 0.3) is 10.9 Å². The van der Waals surface area contributed by atoms with Crippen molar-refractivity contribution in [3.05, 3.63) is 61.7 Å². The number of benzene rings is 2. The second kappa shape index (κ2) is 9.61. The Kier molecular flexibility index (Phi) is 7.09. The largest absolute Gasteiger partial charge is 0.370 e. The van der Waals surface area contributed by atoms with Gasteiger partial charge in [-0.3, -0.25) is 19.9 Å². The average molecular weight is 536 g/mol. The van der Waals surface area contributed by atoms with Crippen molar-refractivity contribution < 1.29 is 9.59 Å². The van der Waals surface area contributed by atoms with Gasteiger partial charge in [-0.15, -0.1) is 0 Å². The molecule has 5 N–H and O–H groups in total. The average Bonchev–Trinajstić information content (AvgIpc) is 3.05. The number of carbonyl (C=O) groups is 2. The number of aromatic amines is 1. The molecule has 0 aliphatic carbocycles. The molecule has 8 nitrogen and oxygen atoms in total. The van der Waals surface area contributed by atoms with Crippen LogP contribution >= 0.6 is 39.1 Å². The van der Waals surface area contributed by atoms with Gasteiger partial charge in [0.25, 0.3) is 0 Å². The number of fused-ring (bicyclic) bond motifs is 1. The number of rotatable bonds is 5. The minimum atomic E-state index is -0.479. The monoisotopic (exact) mass is 534 g/mol. The van der Waals surface area contributed by atoms with Gasteiger partial charge in [0.05, 0.1) is 28.7 Å². The zero-order valence-electron chi connectivity index (χ0n) is 16.7. The van der Waals surface area contributed by atoms with Crippen LogP contribution in [0.5, 0.6) is 0 Å². The third-order valence-corrected chi connectivity index (χ3v) is 5.73. The predicted octanol–water partition coefficient (Wildman–Crippen LogP) is 4.53. The van der Waals surface area contributed by atoms with Crippen LogP contribution < -0.4 is 11.1 Å². The van der Waals surface area contributed by atoms with Crippen molar-refractivity contribution >= 4 is 73.5 Å². The number of halogens is 3. The van der Waals surface area contributed by atoms with E-state index in [1.54, 1.807) is 6.07 Å². The summed E-state index contributed by atoms with van der Waals surface area (Å²) in [5.41, 5.74) is 7.94. The van der Waals surface area contributed by atoms with Crippen LogP contribution in [-0.4, -0.2) is 27.7 Å². The minimum absolute atomic E-state index is 0.0676. The van der Waals surface area contributed by atoms with E-state index in [0.29, 0.717) is 16.6 Å². The molecule has 3 aromatic rings. The number of guanidine groups is 1. The number of nitrogens with zero attached hydrogens (tertiary/aromatic N) is 2. The summed E-state index contributed by atoms with van der Waals surface area (Å²) < 4.78 is 0.800. The molecule has 0 unspecified atom stereocenters. The van der Waals surface area contributed by atoms with Gasteiger partial charge in [0.15, 0.2) is 5.96 Å². The smallest absolute Gasteiger partial charge is 0.234 e. The topological polar surface area (TPSA) is 139 Å². The van der Waals surface area contributed by atoms with Crippen LogP contribution in [0.15, 0.2) is 34.8 Å². The molecule has 0 saturated carbocycles. The van der Waals surface area contributed by atoms with E-state index in [2.05, 4.69) is 32.3 Å². The Hall–Kier alpha value is -3.06. The molecule has 0 aliphatic rings. The standard InChI is InChI=1S/C21H17BrCl2N6O2/c1-10(31)28-20-15(23)4-11(5-16(20)24)9-30(21(26)27)19(32)7-14-13-6-12(22)2-3-17(13)29-18(14)8-25/h2-6,29H,7,9H2,1H3,(H3,26,27)(H,28,31). The number of hydrogen-bond acceptors (Lipinski definition) is 4. The van der Waals surface area contributed by atoms with E-state index in [1.807, 2.05) is 12.1 Å². The van der Waals surface area contributed by atoms with E-state index >= 15 is 0 Å². The highest BCUT2D eigenvalue weighted by molar-refractivity contribution is 9.10. The maximum absolute atomic E-state index is 13.1. The first kappa shape index (κ1) is 23.6. The van der Waals surface area contributed by atoms with Crippen LogP contribution in [0.2, 0.25) is 10.0 Å². The van der Waals surface area contributed by atoms with E-state index in [0.717, 1.165) is 14.8 Å². The minimum Gasteiger partial charge on any atom is -0.370 e. The summed E-state index contributed by atoms with van der Waals surface area (Å²) in [6, 6.07) is 10.6. The molecular formula is C21H17BrCl2N6O2. The fourth-order valence-corrected chi connectivity index (χ4v) is 4.24. The van der Waals surface area contributed by atoms with Gasteiger partial charge < -0.3 is 16.0 Å². The first-order valence-electron chi connectivity index (χ1n) is 9.20. The molecule has 0 bridgehead atoms. The maximum atomic E-state index is 13.1. The molecule has 1 aromatic heterocycles. The first-order chi connectivity index (χ1) is 15.1. The van der Waals surface area contributed by atoms with E-state index in [4.69, 9.17) is 34.3 Å². The second-order valence-corrected chi connectivity index (χ2v) is 8.67. The van der Waals surface area contributed by atoms with Gasteiger partial charge in [0.2, 0.25) is 11.8 Å². The van der Waals surface area contributed by atoms with E-state index < -0.39 is 11.9 Å². The molecule has 2 amide bonds. The molecule has 0 fully saturated rings. The van der Waals surface area contributed by atoms with Crippen LogP contribution in [0, 0.1) is 16.7 Å². The van der Waals surface area contributed by atoms with E-state index in [1.165, 1.54) is 19.1 Å². The van der Waals surface area contributed by atoms with Crippen LogP contribution in [-0.2, 0) is 22.6 Å². The first-order valence-corrected chi connectivity index (χ1v) is 10.8. The van der Waals surface area contributed by atoms with Crippen LogP contribution in [0.1, 0.15) is 23.7 Å². The Balaban J connectivity index is 1.91. The molecule has 0 atom stereocenters. The second-order valence-electron chi connectivity index (χ2n) is 6.94. The third kappa shape index (κ3) is 5.05. The highest BCUT2D eigenvalue weighted by Gasteiger charge is 2.22. The Labute approximate surface area is 201 Å². The molecule has 3 rings (SSSR count). The lowest BCUT2D eigenvalue weighted by Gasteiger charge is -2.21. The number of H-pyrrole nitrogens is 1. The fraction of sp³-hybridized carbons (Fsp3) is 0.143. The lowest BCUT2D eigenvalue weighted by Crippen LogP contribution is -2.41. The third-order valence-electron chi connectivity index (χ3n) is 4.64. The molecule has 0 spiro atoms. The zero-order valence-corrected chi connectivity index (χ0v) is 19.8. The van der Waals surface area contributed by atoms with Gasteiger partial charge in [-0.2, -0.15) is 5.26 Å². The summed E-state index contributed by atoms with van der Waals surface area (Å²) in [4.78, 5) is 28.5. The number of nitrogens with one attached hydrogen (secondary N) is 3. The number of carbonyl (C=O) groups excluding carboxylic acids is 2. The van der Waals surface area contributed by atoms with Crippen molar-refractivity contribution in [1.82, 2.24) is 9.88 Å². The molecule has 32 heavy (non-hydrogen) atoms. The highest BCUT2D eigenvalue weighted by atomic mass is 79.9. The molecular weight excluding hydrogens is 519 g/mol. The van der Waals surface area contributed by atoms with Crippen molar-refractivity contribution in [2.75, 3.05) is 5.32 Å². The van der Waals surface area contributed by atoms with E-state index in [-0.39, 0.29) is 40.3 Å². The Morgan fingerprint density at radius 2 is 1.94 bits per heavy atom. The van der Waals surface area contributed by atoms with Gasteiger partial charge in [-0.05, 0) is 35.9 Å². The SMILES string of the molecule is CC(=O)Nc1c(Cl)cc(CN(C(=N)N)C(=O)Cc2c(C#N)[nH]c3ccc(Br)cc23)cc1Cl. The van der Waals surface area contributed by atoms with Gasteiger partial charge in [0.1, 0.15) is 11.8 Å². The van der Waals surface area contributed by atoms with Gasteiger partial charge in [0, 0.05) is 27.9 Å². The summed E-state index contributed by atoms with van der Waals surface area (Å²) in [5.74, 6) is -1.28. The molecule has 11 heteroatoms. The maximum Gasteiger partial charge on any atom is 0.234 e. The molecule has 1 heterocycles. The number of aromatic nitrogens is 1. The number of nitrogens with two attached hydrogens (primary N) is 1. The lowest BCUT2D eigenvalue weighted by molar-refractivity contribution is -0.127. The summed E-state index contributed by atoms with van der Waals surface area (Å²) >= 11 is 15.8. The van der Waals surface area contributed by atoms with Gasteiger partial charge in [-0.1, -0.05) is 39.1 Å². The molecule has 0 radical (unpaired) electrons. The molecule has 2 aromatic carbocycles. The van der Waals surface area contributed by atoms with Gasteiger partial charge >= 0.3 is 0 Å². The lowest BCUT2D eigenvalue weighted by atomic mass is 10.1. The molecule has 0 saturated heterocycles. The highest BCUT2D eigenvalue weighted by Crippen LogP contribution is 2.32. The number of nitriles is 1. The number of anilines is 1. The normalized spacial score (nSPS) is 10.6. The van der Waals surface area contributed by atoms with E-state index in [9.17, 15) is 14.9 Å². The van der Waals surface area contributed by atoms with Gasteiger partial charge in [-0.25, -0.2) is 0 Å². The number of amides is 2. The molecule has 164 valence electrons. The quantitative estimate of drug-likeness (QED) is 0.281. The Morgan fingerprint density at radius 1 is 1.28 bits per heavy atom. The fourth-order valence-electron chi connectivity index (χ4n) is 3.25. The predicted molar refractivity (Wildman–Crippen MR) is 128 cm³/mol. The van der Waals surface area contributed by atoms with Crippen molar-refractivity contribution in [3.8, 4) is 6.07 Å². The van der Waals surface area contributed by atoms with Crippen molar-refractivity contribution in [2.24, 2.45) is 5.73 Å². The van der Waals surface area contributed by atoms with Crippen LogP contribution in [0.3, 0.4) is 0 Å². The van der Waals surface area contributed by atoms with Crippen LogP contribution in [0.4, 0.5) is 5.69 Å². The van der Waals surface area contributed by atoms with Crippen molar-refractivity contribution in [1.29, 1.82) is 10.7 Å². The molecule has 0 aliphatic heterocycles. The Bertz CT molecular complexity index is 1270. The summed E-state index contributed by atoms with van der Waals surface area (Å²) in [5, 5.41) is 21.0.